The van der Waals surface area contributed by atoms with Gasteiger partial charge in [0.05, 0.1) is 6.54 Å². The van der Waals surface area contributed by atoms with Gasteiger partial charge in [-0.3, -0.25) is 9.59 Å². The molecule has 1 heterocycles. The highest BCUT2D eigenvalue weighted by Gasteiger charge is 2.14. The van der Waals surface area contributed by atoms with Crippen LogP contribution in [0.1, 0.15) is 12.0 Å². The molecule has 0 aromatic heterocycles. The van der Waals surface area contributed by atoms with Crippen LogP contribution in [0.15, 0.2) is 54.6 Å². The molecule has 0 saturated carbocycles. The molecule has 1 aliphatic heterocycles. The van der Waals surface area contributed by atoms with Gasteiger partial charge in [0.1, 0.15) is 0 Å². The fourth-order valence-electron chi connectivity index (χ4n) is 3.20. The van der Waals surface area contributed by atoms with E-state index in [9.17, 15) is 9.59 Å². The minimum absolute atomic E-state index is 0.0200. The van der Waals surface area contributed by atoms with Crippen molar-refractivity contribution < 1.29 is 9.59 Å². The molecule has 2 amide bonds. The van der Waals surface area contributed by atoms with Crippen molar-refractivity contribution in [3.05, 3.63) is 60.2 Å². The van der Waals surface area contributed by atoms with E-state index >= 15 is 0 Å². The zero-order valence-electron chi connectivity index (χ0n) is 16.4. The summed E-state index contributed by atoms with van der Waals surface area (Å²) in [5.41, 5.74) is 3.02. The number of carbonyl (C=O) groups is 2. The summed E-state index contributed by atoms with van der Waals surface area (Å²) in [5.74, 6) is -0.343. The number of anilines is 2. The van der Waals surface area contributed by atoms with Gasteiger partial charge in [-0.2, -0.15) is 0 Å². The van der Waals surface area contributed by atoms with E-state index in [1.165, 1.54) is 5.69 Å². The average Bonchev–Trinajstić information content (AvgIpc) is 2.73. The van der Waals surface area contributed by atoms with Gasteiger partial charge in [0, 0.05) is 44.0 Å². The summed E-state index contributed by atoms with van der Waals surface area (Å²) in [5, 5.41) is 5.50. The number of nitrogens with zero attached hydrogens (tertiary/aromatic N) is 2. The Hall–Kier alpha value is -2.86. The maximum absolute atomic E-state index is 12.1. The van der Waals surface area contributed by atoms with Crippen molar-refractivity contribution >= 4 is 23.2 Å². The molecular formula is C22H28N4O2. The van der Waals surface area contributed by atoms with Crippen molar-refractivity contribution in [1.29, 1.82) is 0 Å². The van der Waals surface area contributed by atoms with Crippen molar-refractivity contribution in [3.8, 4) is 0 Å². The zero-order chi connectivity index (χ0) is 19.8. The van der Waals surface area contributed by atoms with Crippen molar-refractivity contribution in [2.75, 3.05) is 50.0 Å². The number of hydrogen-bond donors (Lipinski definition) is 2. The first-order valence-electron chi connectivity index (χ1n) is 9.74. The number of likely N-dealkylation sites (N-methyl/N-ethyl adjacent to an activating group) is 1. The first-order chi connectivity index (χ1) is 13.6. The lowest BCUT2D eigenvalue weighted by atomic mass is 10.1. The van der Waals surface area contributed by atoms with E-state index in [0.717, 1.165) is 37.4 Å². The highest BCUT2D eigenvalue weighted by atomic mass is 16.2. The highest BCUT2D eigenvalue weighted by molar-refractivity contribution is 5.94. The van der Waals surface area contributed by atoms with E-state index in [-0.39, 0.29) is 18.4 Å². The van der Waals surface area contributed by atoms with Crippen LogP contribution in [0, 0.1) is 0 Å². The summed E-state index contributed by atoms with van der Waals surface area (Å²) in [6.07, 6.45) is 1.04. The average molecular weight is 380 g/mol. The molecule has 0 aliphatic carbocycles. The van der Waals surface area contributed by atoms with Crippen LogP contribution in [0.25, 0.3) is 0 Å². The molecule has 3 rings (SSSR count). The molecule has 1 fully saturated rings. The van der Waals surface area contributed by atoms with Crippen LogP contribution in [0.3, 0.4) is 0 Å². The topological polar surface area (TPSA) is 64.7 Å². The first-order valence-corrected chi connectivity index (χ1v) is 9.74. The van der Waals surface area contributed by atoms with Crippen molar-refractivity contribution in [1.82, 2.24) is 10.2 Å². The van der Waals surface area contributed by atoms with Gasteiger partial charge < -0.3 is 20.4 Å². The van der Waals surface area contributed by atoms with E-state index in [0.29, 0.717) is 12.8 Å². The Morgan fingerprint density at radius 3 is 2.25 bits per heavy atom. The lowest BCUT2D eigenvalue weighted by Gasteiger charge is -2.34. The van der Waals surface area contributed by atoms with Gasteiger partial charge in [0.15, 0.2) is 0 Å². The summed E-state index contributed by atoms with van der Waals surface area (Å²) >= 11 is 0. The minimum Gasteiger partial charge on any atom is -0.369 e. The molecule has 0 unspecified atom stereocenters. The number of amides is 2. The third kappa shape index (κ3) is 6.09. The standard InChI is InChI=1S/C22H28N4O2/c1-25-13-15-26(16-14-25)20-10-8-19(9-11-20)24-22(28)17-23-21(27)12-7-18-5-3-2-4-6-18/h2-6,8-11H,7,12-17H2,1H3,(H,23,27)(H,24,28). The van der Waals surface area contributed by atoms with Crippen LogP contribution in [0.4, 0.5) is 11.4 Å². The Labute approximate surface area is 166 Å². The third-order valence-electron chi connectivity index (χ3n) is 4.95. The summed E-state index contributed by atoms with van der Waals surface area (Å²) in [6, 6.07) is 17.7. The number of rotatable bonds is 7. The SMILES string of the molecule is CN1CCN(c2ccc(NC(=O)CNC(=O)CCc3ccccc3)cc2)CC1. The quantitative estimate of drug-likeness (QED) is 0.772. The predicted molar refractivity (Wildman–Crippen MR) is 113 cm³/mol. The Morgan fingerprint density at radius 2 is 1.57 bits per heavy atom. The van der Waals surface area contributed by atoms with Crippen LogP contribution >= 0.6 is 0 Å². The molecule has 28 heavy (non-hydrogen) atoms. The van der Waals surface area contributed by atoms with E-state index in [2.05, 4.69) is 27.5 Å². The summed E-state index contributed by atoms with van der Waals surface area (Å²) in [4.78, 5) is 28.7. The number of hydrogen-bond acceptors (Lipinski definition) is 4. The number of benzene rings is 2. The van der Waals surface area contributed by atoms with Crippen molar-refractivity contribution in [3.63, 3.8) is 0 Å². The number of nitrogens with one attached hydrogen (secondary N) is 2. The lowest BCUT2D eigenvalue weighted by Crippen LogP contribution is -2.44. The van der Waals surface area contributed by atoms with E-state index in [1.807, 2.05) is 54.6 Å². The fraction of sp³-hybridized carbons (Fsp3) is 0.364. The van der Waals surface area contributed by atoms with E-state index in [4.69, 9.17) is 0 Å². The van der Waals surface area contributed by atoms with Crippen LogP contribution in [0.5, 0.6) is 0 Å². The van der Waals surface area contributed by atoms with Crippen molar-refractivity contribution in [2.24, 2.45) is 0 Å². The van der Waals surface area contributed by atoms with Crippen LogP contribution < -0.4 is 15.5 Å². The van der Waals surface area contributed by atoms with Crippen LogP contribution in [-0.2, 0) is 16.0 Å². The Kier molecular flexibility index (Phi) is 7.03. The largest absolute Gasteiger partial charge is 0.369 e. The van der Waals surface area contributed by atoms with Gasteiger partial charge in [-0.15, -0.1) is 0 Å². The highest BCUT2D eigenvalue weighted by Crippen LogP contribution is 2.19. The number of piperazine rings is 1. The normalized spacial score (nSPS) is 14.5. The zero-order valence-corrected chi connectivity index (χ0v) is 16.4. The second-order valence-electron chi connectivity index (χ2n) is 7.15. The second-order valence-corrected chi connectivity index (χ2v) is 7.15. The Bertz CT molecular complexity index is 769. The summed E-state index contributed by atoms with van der Waals surface area (Å²) < 4.78 is 0. The maximum atomic E-state index is 12.1. The molecular weight excluding hydrogens is 352 g/mol. The van der Waals surface area contributed by atoms with Gasteiger partial charge >= 0.3 is 0 Å². The molecule has 2 N–H and O–H groups in total. The maximum Gasteiger partial charge on any atom is 0.243 e. The number of carbonyl (C=O) groups excluding carboxylic acids is 2. The van der Waals surface area contributed by atoms with Gasteiger partial charge in [0.25, 0.3) is 0 Å². The molecule has 148 valence electrons. The molecule has 0 spiro atoms. The molecule has 1 aliphatic rings. The third-order valence-corrected chi connectivity index (χ3v) is 4.95. The second kappa shape index (κ2) is 9.90. The van der Waals surface area contributed by atoms with Gasteiger partial charge in [-0.05, 0) is 43.3 Å². The molecule has 0 atom stereocenters. The van der Waals surface area contributed by atoms with Crippen molar-refractivity contribution in [2.45, 2.75) is 12.8 Å². The molecule has 6 nitrogen and oxygen atoms in total. The van der Waals surface area contributed by atoms with Crippen LogP contribution in [-0.4, -0.2) is 56.5 Å². The van der Waals surface area contributed by atoms with Gasteiger partial charge in [-0.1, -0.05) is 30.3 Å². The molecule has 0 bridgehead atoms. The summed E-state index contributed by atoms with van der Waals surface area (Å²) in [7, 11) is 2.14. The fourth-order valence-corrected chi connectivity index (χ4v) is 3.20. The Balaban J connectivity index is 1.39. The monoisotopic (exact) mass is 380 g/mol. The molecule has 1 saturated heterocycles. The van der Waals surface area contributed by atoms with E-state index in [1.54, 1.807) is 0 Å². The molecule has 2 aromatic carbocycles. The smallest absolute Gasteiger partial charge is 0.243 e. The molecule has 6 heteroatoms. The molecule has 0 radical (unpaired) electrons. The molecule has 2 aromatic rings. The summed E-state index contributed by atoms with van der Waals surface area (Å²) in [6.45, 7) is 4.12. The Morgan fingerprint density at radius 1 is 0.893 bits per heavy atom. The first kappa shape index (κ1) is 19.9. The van der Waals surface area contributed by atoms with E-state index < -0.39 is 0 Å². The van der Waals surface area contributed by atoms with Gasteiger partial charge in [0.2, 0.25) is 11.8 Å². The van der Waals surface area contributed by atoms with Crippen LogP contribution in [0.2, 0.25) is 0 Å². The minimum atomic E-state index is -0.222. The lowest BCUT2D eigenvalue weighted by molar-refractivity contribution is -0.124. The number of aryl methyl sites for hydroxylation is 1. The van der Waals surface area contributed by atoms with Gasteiger partial charge in [-0.25, -0.2) is 0 Å². The predicted octanol–water partition coefficient (Wildman–Crippen LogP) is 2.13.